The number of sulfone groups is 2. The van der Waals surface area contributed by atoms with Gasteiger partial charge in [0.2, 0.25) is 6.08 Å². The molecule has 0 saturated heterocycles. The van der Waals surface area contributed by atoms with E-state index < -0.39 is 354 Å². The van der Waals surface area contributed by atoms with Gasteiger partial charge in [-0.3, -0.25) is 24.0 Å². The minimum Gasteiger partial charge on any atom is -0.501 e. The van der Waals surface area contributed by atoms with Gasteiger partial charge in [0.25, 0.3) is 0 Å². The Morgan fingerprint density at radius 3 is 1.03 bits per heavy atom. The summed E-state index contributed by atoms with van der Waals surface area (Å²) in [6.07, 6.45) is -126. The van der Waals surface area contributed by atoms with Crippen LogP contribution in [0.25, 0.3) is 0 Å². The molecule has 0 bridgehead atoms. The Kier molecular flexibility index (Phi) is 37.0. The van der Waals surface area contributed by atoms with E-state index >= 15 is 0 Å². The van der Waals surface area contributed by atoms with Crippen LogP contribution in [0.3, 0.4) is 0 Å². The monoisotopic (exact) mass is 2380 g/mol. The number of carbonyl (C=O) groups excluding carboxylic acids is 3. The van der Waals surface area contributed by atoms with Crippen LogP contribution in [0.4, 0.5) is 0 Å². The normalized spacial score (nSPS) is 40.0. The number of hydrogen-bond acceptors (Lipinski definition) is 28. The lowest BCUT2D eigenvalue weighted by Gasteiger charge is -2.36. The van der Waals surface area contributed by atoms with Crippen LogP contribution >= 0.6 is 73.0 Å². The number of isocyanates is 1. The number of halogens is 1. The van der Waals surface area contributed by atoms with Gasteiger partial charge in [0, 0.05) is 330 Å². The van der Waals surface area contributed by atoms with Crippen LogP contribution in [0.2, 0.25) is 0 Å². The molecule has 0 aromatic rings. The summed E-state index contributed by atoms with van der Waals surface area (Å²) in [5.41, 5.74) is -14.1. The van der Waals surface area contributed by atoms with Crippen molar-refractivity contribution in [2.45, 2.75) is 389 Å². The van der Waals surface area contributed by atoms with Gasteiger partial charge in [0.05, 0.1) is 86.9 Å². The zero-order chi connectivity index (χ0) is 164. The lowest BCUT2D eigenvalue weighted by Crippen LogP contribution is -2.44. The first kappa shape index (κ1) is 57.2. The van der Waals surface area contributed by atoms with Crippen LogP contribution in [0.1, 0.15) is 453 Å². The van der Waals surface area contributed by atoms with Gasteiger partial charge in [-0.05, 0) is 156 Å². The molecule has 752 valence electrons. The minimum atomic E-state index is -4.60. The number of nitrogens with zero attached hydrogens (tertiary/aromatic N) is 1. The SMILES string of the molecule is CC(C)(C)S.CC(C)(C)SCCl.S.S=S.S=S=S.S=S=S=S.S=S=S=S=S.S=S=S=S=S=S.[2H]C1([2H])C(=C(C)OC)C([2H])([2H])C([2H])([2H])C([2H])([2H])C1([2H])[2H].[2H]C1([2H])C([2H])([2H])C([2H])([2H])C(CS(=O)(=O)C(C)(C)C)(C(=O)O)C([2H])([2H])C1([2H])[2H].[2H]C1([2H])C([2H])([2H])C([2H])([2H])C(CS(=O)(=O)C(C)(C)C)(N=C=O)C([2H])([2H])C1([2H])[2H].[2H]C1([2H])C([2H])([2H])C([2H])([2H])C(CSC(C)(C)C)(C(=O)O)C([2H])([2H])C1([2H])[2H].[2H]C1([2H])C([2H])([2H])C([2H])([2H])C(CSC(C)(C)C)(C(=O)OC)C([2H])([2H])C1([2H])[2H].[2H]C1([2H])C([2H])([2H])C([2H])([2H])C([2H])(C(=O)O)C([2H])([2H])C1([2H])[2H].[2H]C1([2H])C([2H])([2H])C([2H])([2H])C([2H])(C(=O)OC)C([2H])([2H])C1([2H])[2H]. The molecule has 3 N–H and O–H groups in total. The molecule has 127 heavy (non-hydrogen) atoms. The number of hydrogen-bond donors (Lipinski definition) is 4. The van der Waals surface area contributed by atoms with Crippen molar-refractivity contribution in [3.05, 3.63) is 11.3 Å². The lowest BCUT2D eigenvalue weighted by atomic mass is 9.75. The summed E-state index contributed by atoms with van der Waals surface area (Å²) in [5, 5.41) is 29.1. The Morgan fingerprint density at radius 2 is 0.772 bits per heavy atom. The summed E-state index contributed by atoms with van der Waals surface area (Å²) in [4.78, 5) is 73.8. The molecule has 0 unspecified atom stereocenters. The van der Waals surface area contributed by atoms with E-state index in [0.717, 1.165) is 80.6 Å². The number of methoxy groups -OCH3 is 3. The minimum absolute atomic E-state index is 0. The van der Waals surface area contributed by atoms with E-state index in [2.05, 4.69) is 181 Å². The number of esters is 2. The van der Waals surface area contributed by atoms with Crippen LogP contribution in [-0.4, -0.2) is 152 Å². The third-order valence-electron chi connectivity index (χ3n) is 11.7. The first-order valence-corrected chi connectivity index (χ1v) is 60.5. The van der Waals surface area contributed by atoms with E-state index in [-0.39, 0.29) is 24.0 Å². The average Bonchev–Trinajstić information content (AvgIpc) is 0.645. The third kappa shape index (κ3) is 79.9. The smallest absolute Gasteiger partial charge is 0.312 e. The Bertz CT molecular complexity index is 7070. The van der Waals surface area contributed by atoms with Crippen molar-refractivity contribution in [1.82, 2.24) is 0 Å². The molecule has 0 aromatic carbocycles. The van der Waals surface area contributed by atoms with E-state index in [1.165, 1.54) is 108 Å². The zero-order valence-electron chi connectivity index (χ0n) is 144. The summed E-state index contributed by atoms with van der Waals surface area (Å²) in [6.45, 7) is 31.0. The number of carbonyl (C=O) groups is 5. The standard InChI is InChI=1S/C13H24O2S.C12H21NO3S.C12H22O4S.C12H22O2S.C9H16O.C8H14O2.C7H12O2.C5H11ClS.C4H10S.S6.S5.S4.S3.S2.H2S/c1-12(2,3)16-10-13(11(14)15-4)8-6-5-7-9-13;1-11(2,3)17(15,16)9-12(13-10-14)7-5-4-6-8-12;1-11(2,3)17(15,16)9-12(10(13)14)7-5-4-6-8-12;1-11(2,3)15-9-12(10(13)14)7-5-4-6-8-12;1-8(10-2)9-6-4-3-5-7-9;1-10-8(9)7-5-3-2-4-6-7;8-7(9)6-4-2-1-3-5-6;1-5(2,3)7-4-6;1-4(2,3)5;1-3-5-6-4-2;1-3-5-4-2;1-3-4-2;1-3-2;1-2;/h5-10H2,1-4H3;4-9H2,1-3H3;4-9H2,1-3H3,(H,13,14);4-9H2,1-3H3,(H,13,14);3-7H2,1-2H3;7H,2-6H2,1H3;6H,1-5H2,(H,8,9);4H2,1-3H3;5H,1-3H3;;;;;;1H2/i5D2,6D2,7D2,8D2,9D2;3*4D2,5D2,6D2,7D2,8D2;3D2,4D2,5D2,6D2,7D2;2D2,3D2,4D2,5D2,6D2,7D;1D2,2D2,3D2,4D2,5D2,6D;;;;;;;;. The summed E-state index contributed by atoms with van der Waals surface area (Å²) >= 11 is 55.3. The molecular weight excluding hydrogens is 2160 g/mol. The molecule has 7 fully saturated rings. The Hall–Kier alpha value is 2.61. The fourth-order valence-corrected chi connectivity index (χ4v) is 19.5. The molecule has 0 aromatic heterocycles. The predicted octanol–water partition coefficient (Wildman–Crippen LogP) is 22.4. The number of ether oxygens (including phenoxy) is 3. The second-order valence-corrected chi connectivity index (χ2v) is 58.2. The number of alkyl halides is 1. The van der Waals surface area contributed by atoms with Crippen molar-refractivity contribution < 1.29 is 174 Å². The fraction of sp³-hybridized carbons (Fsp3) is 0.902. The molecule has 7 rings (SSSR count). The highest BCUT2D eigenvalue weighted by Gasteiger charge is 2.47. The molecule has 0 heterocycles. The van der Waals surface area contributed by atoms with Crippen molar-refractivity contribution in [3.8, 4) is 0 Å². The maximum absolute atomic E-state index is 12.7. The molecule has 7 saturated carbocycles. The second kappa shape index (κ2) is 82.2. The first-order valence-electron chi connectivity index (χ1n) is 69.2. The number of aliphatic carboxylic acids is 3. The molecule has 0 spiro atoms. The van der Waals surface area contributed by atoms with Gasteiger partial charge in [0.15, 0.2) is 19.7 Å². The van der Waals surface area contributed by atoms with E-state index in [4.69, 9.17) is 120 Å². The maximum atomic E-state index is 12.7. The van der Waals surface area contributed by atoms with Crippen molar-refractivity contribution in [3.63, 3.8) is 0 Å². The van der Waals surface area contributed by atoms with E-state index in [1.54, 1.807) is 53.3 Å². The summed E-state index contributed by atoms with van der Waals surface area (Å²) in [6, 6.07) is 0. The van der Waals surface area contributed by atoms with Crippen molar-refractivity contribution in [2.75, 3.05) is 49.6 Å². The fourth-order valence-electron chi connectivity index (χ4n) is 5.65. The maximum Gasteiger partial charge on any atom is 0.312 e. The Morgan fingerprint density at radius 1 is 0.472 bits per heavy atom. The number of aliphatic imine (C=N–C) groups is 1. The molecule has 0 amide bonds. The Balaban J connectivity index is -0.000000343. The highest BCUT2D eigenvalue weighted by Crippen LogP contribution is 2.45. The van der Waals surface area contributed by atoms with Gasteiger partial charge in [0.1, 0.15) is 0 Å². The van der Waals surface area contributed by atoms with Crippen molar-refractivity contribution in [1.29, 1.82) is 0 Å². The number of carboxylic acids is 3. The highest BCUT2D eigenvalue weighted by molar-refractivity contribution is 8.64. The van der Waals surface area contributed by atoms with E-state index in [9.17, 15) is 55.8 Å². The Labute approximate surface area is 978 Å². The van der Waals surface area contributed by atoms with Crippen molar-refractivity contribution in [2.24, 2.45) is 33.0 Å². The zero-order valence-corrected chi connectivity index (χ0v) is 94.7. The average molecular weight is 2380 g/mol. The van der Waals surface area contributed by atoms with Gasteiger partial charge in [-0.15, -0.1) is 23.4 Å². The van der Waals surface area contributed by atoms with Crippen LogP contribution < -0.4 is 0 Å². The summed E-state index contributed by atoms with van der Waals surface area (Å²) in [7, 11) is 6.51. The van der Waals surface area contributed by atoms with Crippen molar-refractivity contribution >= 4 is 329 Å². The van der Waals surface area contributed by atoms with E-state index in [1.807, 2.05) is 0 Å². The first-order chi connectivity index (χ1) is 85.5. The van der Waals surface area contributed by atoms with E-state index in [0.29, 0.717) is 9.96 Å². The molecular formula is C82H154ClNO16S27. The summed E-state index contributed by atoms with van der Waals surface area (Å²) in [5.74, 6) is -22.6. The van der Waals surface area contributed by atoms with Gasteiger partial charge in [-0.1, -0.05) is 204 Å². The number of carboxylic acid groups (broad SMARTS) is 3. The lowest BCUT2D eigenvalue weighted by molar-refractivity contribution is -0.153. The molecule has 7 aliphatic rings. The van der Waals surface area contributed by atoms with Gasteiger partial charge in [-0.2, -0.15) is 54.6 Å². The third-order valence-corrected chi connectivity index (χ3v) is 34.6. The number of thiol groups is 1. The number of thioether (sulfide) groups is 3. The molecule has 0 radical (unpaired) electrons. The van der Waals surface area contributed by atoms with Gasteiger partial charge < -0.3 is 29.5 Å². The molecule has 17 nitrogen and oxygen atoms in total. The van der Waals surface area contributed by atoms with Crippen LogP contribution in [0.15, 0.2) is 16.3 Å². The molecule has 45 heteroatoms. The topological polar surface area (TPSA) is 271 Å². The molecule has 0 atom stereocenters. The number of rotatable bonds is 16. The van der Waals surface area contributed by atoms with Crippen LogP contribution in [-0.2, 0) is 263 Å². The van der Waals surface area contributed by atoms with Gasteiger partial charge >= 0.3 is 29.8 Å². The van der Waals surface area contributed by atoms with Crippen LogP contribution in [0, 0.1) is 28.0 Å². The molecule has 0 aliphatic heterocycles. The number of allylic oxidation sites excluding steroid dienone is 2. The van der Waals surface area contributed by atoms with Gasteiger partial charge in [-0.25, -0.2) is 21.6 Å². The summed E-state index contributed by atoms with van der Waals surface area (Å²) < 4.78 is 622. The van der Waals surface area contributed by atoms with Crippen LogP contribution in [0.5, 0.6) is 0 Å². The second-order valence-electron chi connectivity index (χ2n) is 27.7. The predicted molar refractivity (Wildman–Crippen MR) is 609 cm³/mol. The largest absolute Gasteiger partial charge is 0.501 e. The molecule has 7 aliphatic carbocycles. The quantitative estimate of drug-likeness (QED) is 0.0279. The highest BCUT2D eigenvalue weighted by atomic mass is 35.5.